The van der Waals surface area contributed by atoms with Crippen molar-refractivity contribution in [1.82, 2.24) is 0 Å². The summed E-state index contributed by atoms with van der Waals surface area (Å²) in [5.41, 5.74) is 1.40. The molecule has 0 amide bonds. The van der Waals surface area contributed by atoms with E-state index in [1.54, 1.807) is 0 Å². The number of benzene rings is 1. The van der Waals surface area contributed by atoms with E-state index in [0.29, 0.717) is 11.8 Å². The first-order chi connectivity index (χ1) is 8.65. The monoisotopic (exact) mass is 308 g/mol. The molecule has 0 atom stereocenters. The maximum atomic E-state index is 10.5. The third-order valence-corrected chi connectivity index (χ3v) is 4.15. The Balaban J connectivity index is 1.90. The summed E-state index contributed by atoms with van der Waals surface area (Å²) in [4.78, 5) is 10.5. The molecule has 1 aromatic carbocycles. The molecule has 0 aromatic heterocycles. The highest BCUT2D eigenvalue weighted by Crippen LogP contribution is 2.36. The van der Waals surface area contributed by atoms with Crippen LogP contribution in [0.15, 0.2) is 40.9 Å². The molecule has 0 bridgehead atoms. The molecule has 0 radical (unpaired) electrons. The summed E-state index contributed by atoms with van der Waals surface area (Å²) in [5.74, 6) is 0.227. The number of rotatable bonds is 3. The number of allylic oxidation sites excluding steroid dienone is 1. The van der Waals surface area contributed by atoms with Gasteiger partial charge in [-0.3, -0.25) is 0 Å². The van der Waals surface area contributed by atoms with Crippen LogP contribution in [0.5, 0.6) is 0 Å². The van der Waals surface area contributed by atoms with Crippen LogP contribution in [0.2, 0.25) is 0 Å². The van der Waals surface area contributed by atoms with E-state index in [2.05, 4.69) is 40.2 Å². The van der Waals surface area contributed by atoms with Crippen LogP contribution in [0.25, 0.3) is 0 Å². The lowest BCUT2D eigenvalue weighted by atomic mass is 9.78. The zero-order valence-electron chi connectivity index (χ0n) is 10.2. The summed E-state index contributed by atoms with van der Waals surface area (Å²) in [6.07, 6.45) is 7.60. The van der Waals surface area contributed by atoms with Crippen molar-refractivity contribution in [3.63, 3.8) is 0 Å². The van der Waals surface area contributed by atoms with Gasteiger partial charge in [-0.05, 0) is 55.2 Å². The highest BCUT2D eigenvalue weighted by atomic mass is 79.9. The molecule has 1 aliphatic rings. The first kappa shape index (κ1) is 13.3. The van der Waals surface area contributed by atoms with E-state index in [1.165, 1.54) is 11.6 Å². The van der Waals surface area contributed by atoms with Crippen molar-refractivity contribution in [1.29, 1.82) is 0 Å². The summed E-state index contributed by atoms with van der Waals surface area (Å²) in [6, 6.07) is 8.54. The van der Waals surface area contributed by atoms with Crippen molar-refractivity contribution in [3.05, 3.63) is 46.5 Å². The minimum absolute atomic E-state index is 0.438. The molecule has 96 valence electrons. The van der Waals surface area contributed by atoms with Gasteiger partial charge in [-0.15, -0.1) is 0 Å². The maximum absolute atomic E-state index is 10.5. The Morgan fingerprint density at radius 3 is 2.33 bits per heavy atom. The molecule has 0 unspecified atom stereocenters. The van der Waals surface area contributed by atoms with Crippen LogP contribution in [0.1, 0.15) is 37.2 Å². The predicted octanol–water partition coefficient (Wildman–Crippen LogP) is 4.36. The van der Waals surface area contributed by atoms with Gasteiger partial charge in [0.25, 0.3) is 0 Å². The number of carboxylic acids is 1. The Morgan fingerprint density at radius 1 is 1.17 bits per heavy atom. The molecule has 1 aliphatic carbocycles. The van der Waals surface area contributed by atoms with Gasteiger partial charge >= 0.3 is 5.97 Å². The largest absolute Gasteiger partial charge is 0.478 e. The van der Waals surface area contributed by atoms with Gasteiger partial charge in [0.05, 0.1) is 0 Å². The average Bonchev–Trinajstić information content (AvgIpc) is 2.38. The summed E-state index contributed by atoms with van der Waals surface area (Å²) in [6.45, 7) is 0. The standard InChI is InChI=1S/C15H17BrO2/c16-14-8-6-13(7-9-14)12-4-1-11(2-5-12)3-10-15(17)18/h3,6-12H,1-2,4-5H2,(H,17,18)/b10-3+/t11-,12-. The van der Waals surface area contributed by atoms with Crippen molar-refractivity contribution in [3.8, 4) is 0 Å². The lowest BCUT2D eigenvalue weighted by molar-refractivity contribution is -0.131. The molecule has 1 aromatic rings. The van der Waals surface area contributed by atoms with Crippen LogP contribution < -0.4 is 0 Å². The van der Waals surface area contributed by atoms with Crippen molar-refractivity contribution in [2.45, 2.75) is 31.6 Å². The topological polar surface area (TPSA) is 37.3 Å². The van der Waals surface area contributed by atoms with E-state index in [1.807, 2.05) is 6.08 Å². The maximum Gasteiger partial charge on any atom is 0.327 e. The summed E-state index contributed by atoms with van der Waals surface area (Å²) < 4.78 is 1.12. The highest BCUT2D eigenvalue weighted by Gasteiger charge is 2.20. The fourth-order valence-electron chi connectivity index (χ4n) is 2.60. The highest BCUT2D eigenvalue weighted by molar-refractivity contribution is 9.10. The summed E-state index contributed by atoms with van der Waals surface area (Å²) in [5, 5.41) is 8.61. The third kappa shape index (κ3) is 3.70. The Labute approximate surface area is 116 Å². The number of hydrogen-bond acceptors (Lipinski definition) is 1. The number of carbonyl (C=O) groups is 1. The molecule has 1 fully saturated rings. The molecule has 18 heavy (non-hydrogen) atoms. The second-order valence-electron chi connectivity index (χ2n) is 4.86. The van der Waals surface area contributed by atoms with E-state index in [-0.39, 0.29) is 0 Å². The van der Waals surface area contributed by atoms with Crippen LogP contribution in [-0.2, 0) is 4.79 Å². The van der Waals surface area contributed by atoms with Crippen molar-refractivity contribution in [2.24, 2.45) is 5.92 Å². The minimum Gasteiger partial charge on any atom is -0.478 e. The molecule has 0 spiro atoms. The van der Waals surface area contributed by atoms with Gasteiger partial charge in [-0.2, -0.15) is 0 Å². The van der Waals surface area contributed by atoms with Gasteiger partial charge in [0.15, 0.2) is 0 Å². The normalized spacial score (nSPS) is 24.3. The molecule has 0 aliphatic heterocycles. The second kappa shape index (κ2) is 6.19. The fourth-order valence-corrected chi connectivity index (χ4v) is 2.86. The van der Waals surface area contributed by atoms with Crippen LogP contribution in [0, 0.1) is 5.92 Å². The molecule has 3 heteroatoms. The number of hydrogen-bond donors (Lipinski definition) is 1. The van der Waals surface area contributed by atoms with E-state index in [4.69, 9.17) is 5.11 Å². The molecule has 0 saturated heterocycles. The second-order valence-corrected chi connectivity index (χ2v) is 5.78. The van der Waals surface area contributed by atoms with E-state index in [0.717, 1.165) is 30.2 Å². The van der Waals surface area contributed by atoms with Crippen molar-refractivity contribution < 1.29 is 9.90 Å². The van der Waals surface area contributed by atoms with Gasteiger partial charge in [0.1, 0.15) is 0 Å². The third-order valence-electron chi connectivity index (χ3n) is 3.62. The molecular weight excluding hydrogens is 292 g/mol. The van der Waals surface area contributed by atoms with Gasteiger partial charge in [0, 0.05) is 10.5 Å². The smallest absolute Gasteiger partial charge is 0.327 e. The molecule has 1 N–H and O–H groups in total. The van der Waals surface area contributed by atoms with Crippen LogP contribution in [0.3, 0.4) is 0 Å². The number of aliphatic carboxylic acids is 1. The van der Waals surface area contributed by atoms with E-state index < -0.39 is 5.97 Å². The molecule has 0 heterocycles. The quantitative estimate of drug-likeness (QED) is 0.842. The average molecular weight is 309 g/mol. The zero-order chi connectivity index (χ0) is 13.0. The number of carboxylic acid groups (broad SMARTS) is 1. The number of halogens is 1. The lowest BCUT2D eigenvalue weighted by Crippen LogP contribution is -2.12. The Hall–Kier alpha value is -1.09. The first-order valence-corrected chi connectivity index (χ1v) is 7.11. The molecule has 2 nitrogen and oxygen atoms in total. The molecule has 1 saturated carbocycles. The Morgan fingerprint density at radius 2 is 1.78 bits per heavy atom. The predicted molar refractivity (Wildman–Crippen MR) is 75.6 cm³/mol. The molecular formula is C15H17BrO2. The lowest BCUT2D eigenvalue weighted by Gasteiger charge is -2.27. The van der Waals surface area contributed by atoms with Crippen molar-refractivity contribution >= 4 is 21.9 Å². The first-order valence-electron chi connectivity index (χ1n) is 6.32. The Bertz CT molecular complexity index is 428. The SMILES string of the molecule is O=C(O)/C=C/[C@H]1CC[C@H](c2ccc(Br)cc2)CC1. The van der Waals surface area contributed by atoms with Crippen LogP contribution in [-0.4, -0.2) is 11.1 Å². The van der Waals surface area contributed by atoms with E-state index in [9.17, 15) is 4.79 Å². The van der Waals surface area contributed by atoms with E-state index >= 15 is 0 Å². The Kier molecular flexibility index (Phi) is 4.59. The minimum atomic E-state index is -0.843. The van der Waals surface area contributed by atoms with Crippen LogP contribution in [0.4, 0.5) is 0 Å². The van der Waals surface area contributed by atoms with Gasteiger partial charge in [-0.1, -0.05) is 34.1 Å². The van der Waals surface area contributed by atoms with Gasteiger partial charge in [0.2, 0.25) is 0 Å². The summed E-state index contributed by atoms with van der Waals surface area (Å²) in [7, 11) is 0. The zero-order valence-corrected chi connectivity index (χ0v) is 11.8. The van der Waals surface area contributed by atoms with Gasteiger partial charge < -0.3 is 5.11 Å². The fraction of sp³-hybridized carbons (Fsp3) is 0.400. The van der Waals surface area contributed by atoms with Crippen LogP contribution >= 0.6 is 15.9 Å². The van der Waals surface area contributed by atoms with Crippen molar-refractivity contribution in [2.75, 3.05) is 0 Å². The molecule has 2 rings (SSSR count). The summed E-state index contributed by atoms with van der Waals surface area (Å²) >= 11 is 3.45. The van der Waals surface area contributed by atoms with Gasteiger partial charge in [-0.25, -0.2) is 4.79 Å².